The monoisotopic (exact) mass is 688 g/mol. The van der Waals surface area contributed by atoms with Gasteiger partial charge in [-0.05, 0) is 84.4 Å². The second kappa shape index (κ2) is 12.3. The molecule has 6 heteroatoms. The van der Waals surface area contributed by atoms with Crippen molar-refractivity contribution in [2.45, 2.75) is 0 Å². The van der Waals surface area contributed by atoms with E-state index in [0.29, 0.717) is 0 Å². The number of rotatable bonds is 6. The smallest absolute Gasteiger partial charge is 0.124 e. The van der Waals surface area contributed by atoms with E-state index in [1.807, 2.05) is 29.7 Å². The van der Waals surface area contributed by atoms with E-state index in [0.717, 1.165) is 66.2 Å². The molecule has 3 aromatic heterocycles. The highest BCUT2D eigenvalue weighted by Gasteiger charge is 2.19. The summed E-state index contributed by atoms with van der Waals surface area (Å²) in [6.07, 6.45) is 1.83. The molecule has 0 saturated heterocycles. The van der Waals surface area contributed by atoms with Gasteiger partial charge >= 0.3 is 0 Å². The highest BCUT2D eigenvalue weighted by atomic mass is 32.1. The lowest BCUT2D eigenvalue weighted by Crippen LogP contribution is -2.11. The first-order chi connectivity index (χ1) is 25.2. The average Bonchev–Trinajstić information content (AvgIpc) is 3.86. The summed E-state index contributed by atoms with van der Waals surface area (Å²) < 4.78 is 1.20. The van der Waals surface area contributed by atoms with E-state index >= 15 is 0 Å². The lowest BCUT2D eigenvalue weighted by Gasteiger charge is -2.28. The van der Waals surface area contributed by atoms with Gasteiger partial charge in [0, 0.05) is 54.8 Å². The first kappa shape index (κ1) is 29.7. The van der Waals surface area contributed by atoms with Gasteiger partial charge in [-0.15, -0.1) is 22.7 Å². The molecule has 4 nitrogen and oxygen atoms in total. The van der Waals surface area contributed by atoms with Crippen LogP contribution in [0.2, 0.25) is 0 Å². The van der Waals surface area contributed by atoms with Gasteiger partial charge in [-0.1, -0.05) is 84.9 Å². The molecule has 2 aliphatic rings. The van der Waals surface area contributed by atoms with Crippen LogP contribution in [-0.2, 0) is 0 Å². The molecule has 51 heavy (non-hydrogen) atoms. The maximum atomic E-state index is 5.11. The number of hydrogen-bond acceptors (Lipinski definition) is 6. The zero-order valence-electron chi connectivity index (χ0n) is 27.3. The predicted octanol–water partition coefficient (Wildman–Crippen LogP) is 13.0. The van der Waals surface area contributed by atoms with Crippen molar-refractivity contribution in [2.24, 2.45) is 0 Å². The molecule has 1 aliphatic carbocycles. The molecule has 4 heterocycles. The topological polar surface area (TPSA) is 41.9 Å². The number of thiazole rings is 1. The Balaban J connectivity index is 1.08. The normalized spacial score (nSPS) is 11.5. The second-order valence-corrected chi connectivity index (χ2v) is 14.6. The molecule has 0 saturated carbocycles. The van der Waals surface area contributed by atoms with E-state index < -0.39 is 0 Å². The lowest BCUT2D eigenvalue weighted by atomic mass is 10.0. The van der Waals surface area contributed by atoms with Crippen LogP contribution < -0.4 is 4.90 Å². The van der Waals surface area contributed by atoms with Crippen molar-refractivity contribution >= 4 is 71.8 Å². The fraction of sp³-hybridized carbons (Fsp3) is 0. The molecular formula is C45H28N4S2. The third kappa shape index (κ3) is 5.33. The van der Waals surface area contributed by atoms with E-state index in [1.54, 1.807) is 11.3 Å². The van der Waals surface area contributed by atoms with Crippen LogP contribution in [0.15, 0.2) is 170 Å². The van der Waals surface area contributed by atoms with Crippen molar-refractivity contribution in [1.29, 1.82) is 0 Å². The summed E-state index contributed by atoms with van der Waals surface area (Å²) in [5, 5.41) is 3.20. The molecule has 8 aromatic rings. The van der Waals surface area contributed by atoms with E-state index in [2.05, 4.69) is 162 Å². The number of anilines is 3. The fourth-order valence-corrected chi connectivity index (χ4v) is 8.86. The molecular weight excluding hydrogens is 661 g/mol. The maximum absolute atomic E-state index is 5.11. The van der Waals surface area contributed by atoms with Crippen LogP contribution in [0.25, 0.3) is 74.7 Å². The Hall–Kier alpha value is -6.21. The summed E-state index contributed by atoms with van der Waals surface area (Å²) in [4.78, 5) is 19.5. The van der Waals surface area contributed by atoms with E-state index in [1.165, 1.54) is 25.6 Å². The Kier molecular flexibility index (Phi) is 7.15. The van der Waals surface area contributed by atoms with Crippen LogP contribution in [0.1, 0.15) is 0 Å². The van der Waals surface area contributed by atoms with Crippen molar-refractivity contribution in [2.75, 3.05) is 4.90 Å². The number of hydrogen-bond donors (Lipinski definition) is 0. The van der Waals surface area contributed by atoms with Gasteiger partial charge in [0.25, 0.3) is 0 Å². The first-order valence-corrected chi connectivity index (χ1v) is 18.5. The summed E-state index contributed by atoms with van der Waals surface area (Å²) in [5.41, 5.74) is 11.6. The SMILES string of the molecule is c1cc2ccc(-c3ccccc3N(c3ccc(-c4ccc5ccc6cccnc6c5n4)cc3)c3ccc(-c4nc5ccccc5s4)cc3)sc-2c1. The summed E-state index contributed by atoms with van der Waals surface area (Å²) in [5.74, 6) is 0. The van der Waals surface area contributed by atoms with Gasteiger partial charge < -0.3 is 4.90 Å². The minimum absolute atomic E-state index is 0.918. The van der Waals surface area contributed by atoms with Gasteiger partial charge in [-0.2, -0.15) is 0 Å². The minimum atomic E-state index is 0.918. The summed E-state index contributed by atoms with van der Waals surface area (Å²) in [7, 11) is 0. The first-order valence-electron chi connectivity index (χ1n) is 16.8. The Morgan fingerprint density at radius 3 is 2.02 bits per heavy atom. The summed E-state index contributed by atoms with van der Waals surface area (Å²) >= 11 is 3.55. The summed E-state index contributed by atoms with van der Waals surface area (Å²) in [6.45, 7) is 0. The molecule has 0 N–H and O–H groups in total. The Bertz CT molecular complexity index is 2780. The number of nitrogens with zero attached hydrogens (tertiary/aromatic N) is 4. The third-order valence-electron chi connectivity index (χ3n) is 9.37. The van der Waals surface area contributed by atoms with E-state index in [9.17, 15) is 0 Å². The summed E-state index contributed by atoms with van der Waals surface area (Å²) in [6, 6.07) is 58.0. The van der Waals surface area contributed by atoms with Crippen LogP contribution in [0.5, 0.6) is 0 Å². The minimum Gasteiger partial charge on any atom is -0.310 e. The lowest BCUT2D eigenvalue weighted by molar-refractivity contribution is 1.28. The molecule has 0 atom stereocenters. The van der Waals surface area contributed by atoms with E-state index in [4.69, 9.17) is 9.97 Å². The number of para-hydroxylation sites is 2. The van der Waals surface area contributed by atoms with Crippen LogP contribution in [-0.4, -0.2) is 15.0 Å². The average molecular weight is 689 g/mol. The zero-order chi connectivity index (χ0) is 33.7. The third-order valence-corrected chi connectivity index (χ3v) is 11.6. The number of fused-ring (bicyclic) bond motifs is 5. The van der Waals surface area contributed by atoms with Crippen molar-refractivity contribution in [3.63, 3.8) is 0 Å². The zero-order valence-corrected chi connectivity index (χ0v) is 28.9. The number of aromatic nitrogens is 3. The molecule has 0 fully saturated rings. The van der Waals surface area contributed by atoms with Crippen molar-refractivity contribution in [3.05, 3.63) is 170 Å². The largest absolute Gasteiger partial charge is 0.310 e. The van der Waals surface area contributed by atoms with Gasteiger partial charge in [-0.25, -0.2) is 9.97 Å². The number of pyridine rings is 2. The molecule has 0 spiro atoms. The molecule has 0 bridgehead atoms. The fourth-order valence-electron chi connectivity index (χ4n) is 6.83. The van der Waals surface area contributed by atoms with Gasteiger partial charge in [0.2, 0.25) is 0 Å². The second-order valence-electron chi connectivity index (χ2n) is 12.5. The van der Waals surface area contributed by atoms with Crippen molar-refractivity contribution < 1.29 is 0 Å². The van der Waals surface area contributed by atoms with Gasteiger partial charge in [0.15, 0.2) is 0 Å². The van der Waals surface area contributed by atoms with Crippen molar-refractivity contribution in [1.82, 2.24) is 15.0 Å². The van der Waals surface area contributed by atoms with Crippen LogP contribution in [0, 0.1) is 0 Å². The van der Waals surface area contributed by atoms with Crippen LogP contribution >= 0.6 is 22.7 Å². The molecule has 0 amide bonds. The van der Waals surface area contributed by atoms with Gasteiger partial charge in [0.05, 0.1) is 32.6 Å². The van der Waals surface area contributed by atoms with Crippen LogP contribution in [0.3, 0.4) is 0 Å². The highest BCUT2D eigenvalue weighted by Crippen LogP contribution is 2.45. The Labute approximate surface area is 302 Å². The van der Waals surface area contributed by atoms with Gasteiger partial charge in [0.1, 0.15) is 5.01 Å². The van der Waals surface area contributed by atoms with Crippen LogP contribution in [0.4, 0.5) is 17.1 Å². The van der Waals surface area contributed by atoms with Crippen molar-refractivity contribution in [3.8, 4) is 42.7 Å². The Morgan fingerprint density at radius 1 is 0.451 bits per heavy atom. The molecule has 240 valence electrons. The molecule has 10 rings (SSSR count). The predicted molar refractivity (Wildman–Crippen MR) is 216 cm³/mol. The quantitative estimate of drug-likeness (QED) is 0.163. The molecule has 1 aliphatic heterocycles. The van der Waals surface area contributed by atoms with Gasteiger partial charge in [-0.3, -0.25) is 4.98 Å². The Morgan fingerprint density at radius 2 is 1.18 bits per heavy atom. The highest BCUT2D eigenvalue weighted by molar-refractivity contribution is 7.21. The standard InChI is InChI=1S/C45H28N4S2/c1-3-11-39(36(9-1)41-27-21-30-7-5-13-40(30)50-41)49(35-24-18-33(19-25-35)45-48-38-10-2-4-12-42(38)51-45)34-22-16-29(17-23-34)37-26-20-32-15-14-31-8-6-28-46-43(31)44(32)47-37/h1-28H. The maximum Gasteiger partial charge on any atom is 0.124 e. The molecule has 0 radical (unpaired) electrons. The molecule has 5 aromatic carbocycles. The van der Waals surface area contributed by atoms with E-state index in [-0.39, 0.29) is 0 Å². The molecule has 0 unspecified atom stereocenters. The number of benzene rings is 5.